The number of aliphatic hydroxyl groups is 4. The van der Waals surface area contributed by atoms with Crippen molar-refractivity contribution in [2.45, 2.75) is 56.5 Å². The average molecular weight is 309 g/mol. The molecule has 0 spiro atoms. The average Bonchev–Trinajstić information content (AvgIpc) is 2.47. The van der Waals surface area contributed by atoms with Crippen molar-refractivity contribution in [3.63, 3.8) is 0 Å². The Morgan fingerprint density at radius 2 is 1.75 bits per heavy atom. The van der Waals surface area contributed by atoms with E-state index in [0.717, 1.165) is 24.6 Å². The molecule has 0 radical (unpaired) electrons. The lowest BCUT2D eigenvalue weighted by Crippen LogP contribution is -2.57. The monoisotopic (exact) mass is 309 g/mol. The molecule has 0 saturated carbocycles. The standard InChI is InChI=1S/C12H23NO6S/c1-3-6(4-2)11(13-18)20-12-10(17)9(16)8(15)7(5-14)19-12/h6-10,12,14-18H,3-5H2,1-2H3. The Kier molecular flexibility index (Phi) is 7.21. The molecule has 0 aliphatic carbocycles. The van der Waals surface area contributed by atoms with Crippen LogP contribution >= 0.6 is 11.8 Å². The maximum atomic E-state index is 9.92. The second-order valence-electron chi connectivity index (χ2n) is 4.77. The van der Waals surface area contributed by atoms with Gasteiger partial charge in [-0.1, -0.05) is 30.8 Å². The van der Waals surface area contributed by atoms with Gasteiger partial charge >= 0.3 is 0 Å². The molecule has 1 aliphatic rings. The van der Waals surface area contributed by atoms with Crippen LogP contribution in [0.4, 0.5) is 0 Å². The number of aliphatic hydroxyl groups excluding tert-OH is 4. The van der Waals surface area contributed by atoms with Gasteiger partial charge in [-0.2, -0.15) is 0 Å². The first kappa shape index (κ1) is 17.7. The molecule has 118 valence electrons. The van der Waals surface area contributed by atoms with E-state index in [2.05, 4.69) is 5.16 Å². The molecule has 1 fully saturated rings. The molecule has 20 heavy (non-hydrogen) atoms. The predicted molar refractivity (Wildman–Crippen MR) is 74.7 cm³/mol. The van der Waals surface area contributed by atoms with Crippen LogP contribution < -0.4 is 0 Å². The van der Waals surface area contributed by atoms with Crippen molar-refractivity contribution in [2.75, 3.05) is 6.61 Å². The molecule has 5 atom stereocenters. The van der Waals surface area contributed by atoms with Crippen molar-refractivity contribution in [1.82, 2.24) is 0 Å². The fourth-order valence-electron chi connectivity index (χ4n) is 2.12. The number of hydrogen-bond acceptors (Lipinski definition) is 8. The summed E-state index contributed by atoms with van der Waals surface area (Å²) in [5.41, 5.74) is -0.906. The molecule has 5 unspecified atom stereocenters. The number of thioether (sulfide) groups is 1. The number of nitrogens with zero attached hydrogens (tertiary/aromatic N) is 1. The summed E-state index contributed by atoms with van der Waals surface area (Å²) in [5.74, 6) is 0.0253. The third-order valence-corrected chi connectivity index (χ3v) is 4.80. The third kappa shape index (κ3) is 3.84. The summed E-state index contributed by atoms with van der Waals surface area (Å²) in [6.45, 7) is 3.43. The first-order valence-electron chi connectivity index (χ1n) is 6.69. The van der Waals surface area contributed by atoms with Crippen LogP contribution in [-0.2, 0) is 4.74 Å². The first-order valence-corrected chi connectivity index (χ1v) is 7.57. The van der Waals surface area contributed by atoms with E-state index in [0.29, 0.717) is 5.04 Å². The molecule has 0 aromatic heterocycles. The Morgan fingerprint density at radius 3 is 2.20 bits per heavy atom. The second-order valence-corrected chi connectivity index (χ2v) is 5.89. The quantitative estimate of drug-likeness (QED) is 0.205. The molecular weight excluding hydrogens is 286 g/mol. The maximum Gasteiger partial charge on any atom is 0.138 e. The van der Waals surface area contributed by atoms with Gasteiger partial charge < -0.3 is 30.4 Å². The van der Waals surface area contributed by atoms with Gasteiger partial charge in [-0.3, -0.25) is 0 Å². The number of oxime groups is 1. The van der Waals surface area contributed by atoms with Crippen LogP contribution in [0.1, 0.15) is 26.7 Å². The second kappa shape index (κ2) is 8.16. The normalized spacial score (nSPS) is 35.5. The van der Waals surface area contributed by atoms with Crippen LogP contribution in [0.2, 0.25) is 0 Å². The highest BCUT2D eigenvalue weighted by Crippen LogP contribution is 2.32. The predicted octanol–water partition coefficient (Wildman–Crippen LogP) is -0.257. The van der Waals surface area contributed by atoms with E-state index < -0.39 is 36.5 Å². The SMILES string of the molecule is CCC(CC)C(=NO)SC1OC(CO)C(O)C(O)C1O. The zero-order valence-corrected chi connectivity index (χ0v) is 12.4. The summed E-state index contributed by atoms with van der Waals surface area (Å²) in [5, 5.41) is 51.1. The summed E-state index contributed by atoms with van der Waals surface area (Å²) < 4.78 is 5.36. The Balaban J connectivity index is 2.79. The molecule has 0 aromatic rings. The largest absolute Gasteiger partial charge is 0.410 e. The van der Waals surface area contributed by atoms with Crippen molar-refractivity contribution in [3.05, 3.63) is 0 Å². The molecule has 0 bridgehead atoms. The summed E-state index contributed by atoms with van der Waals surface area (Å²) in [4.78, 5) is 0. The summed E-state index contributed by atoms with van der Waals surface area (Å²) >= 11 is 1.00. The maximum absolute atomic E-state index is 9.92. The fraction of sp³-hybridized carbons (Fsp3) is 0.917. The molecule has 0 aromatic carbocycles. The smallest absolute Gasteiger partial charge is 0.138 e. The molecule has 0 amide bonds. The van der Waals surface area contributed by atoms with E-state index in [1.54, 1.807) is 0 Å². The van der Waals surface area contributed by atoms with E-state index in [-0.39, 0.29) is 5.92 Å². The highest BCUT2D eigenvalue weighted by atomic mass is 32.2. The van der Waals surface area contributed by atoms with Gasteiger partial charge in [-0.25, -0.2) is 0 Å². The summed E-state index contributed by atoms with van der Waals surface area (Å²) in [6.07, 6.45) is -3.55. The fourth-order valence-corrected chi connectivity index (χ4v) is 3.43. The minimum Gasteiger partial charge on any atom is -0.410 e. The summed E-state index contributed by atoms with van der Waals surface area (Å²) in [7, 11) is 0. The summed E-state index contributed by atoms with van der Waals surface area (Å²) in [6, 6.07) is 0. The van der Waals surface area contributed by atoms with Crippen LogP contribution in [0.3, 0.4) is 0 Å². The highest BCUT2D eigenvalue weighted by molar-refractivity contribution is 8.14. The van der Waals surface area contributed by atoms with Crippen molar-refractivity contribution in [2.24, 2.45) is 11.1 Å². The Hall–Kier alpha value is -0.380. The molecule has 1 heterocycles. The zero-order chi connectivity index (χ0) is 15.3. The Labute approximate surface area is 122 Å². The lowest BCUT2D eigenvalue weighted by molar-refractivity contribution is -0.205. The van der Waals surface area contributed by atoms with Gasteiger partial charge in [0.1, 0.15) is 34.9 Å². The van der Waals surface area contributed by atoms with Crippen LogP contribution in [0.15, 0.2) is 5.16 Å². The number of hydrogen-bond donors (Lipinski definition) is 5. The molecular formula is C12H23NO6S. The Bertz CT molecular complexity index is 323. The minimum atomic E-state index is -1.42. The van der Waals surface area contributed by atoms with Gasteiger partial charge in [-0.05, 0) is 12.8 Å². The molecule has 8 heteroatoms. The van der Waals surface area contributed by atoms with Crippen LogP contribution in [0.5, 0.6) is 0 Å². The zero-order valence-electron chi connectivity index (χ0n) is 11.6. The van der Waals surface area contributed by atoms with Crippen molar-refractivity contribution in [3.8, 4) is 0 Å². The molecule has 1 rings (SSSR count). The van der Waals surface area contributed by atoms with Crippen LogP contribution in [0, 0.1) is 5.92 Å². The van der Waals surface area contributed by atoms with Gasteiger partial charge in [-0.15, -0.1) is 0 Å². The molecule has 5 N–H and O–H groups in total. The third-order valence-electron chi connectivity index (χ3n) is 3.52. The van der Waals surface area contributed by atoms with E-state index in [1.807, 2.05) is 13.8 Å². The molecule has 1 saturated heterocycles. The molecule has 7 nitrogen and oxygen atoms in total. The highest BCUT2D eigenvalue weighted by Gasteiger charge is 2.44. The topological polar surface area (TPSA) is 123 Å². The first-order chi connectivity index (χ1) is 9.49. The van der Waals surface area contributed by atoms with Crippen molar-refractivity contribution >= 4 is 16.8 Å². The van der Waals surface area contributed by atoms with E-state index in [4.69, 9.17) is 15.1 Å². The van der Waals surface area contributed by atoms with Crippen LogP contribution in [-0.4, -0.2) is 67.1 Å². The van der Waals surface area contributed by atoms with Gasteiger partial charge in [0.2, 0.25) is 0 Å². The van der Waals surface area contributed by atoms with E-state index >= 15 is 0 Å². The lowest BCUT2D eigenvalue weighted by Gasteiger charge is -2.39. The minimum absolute atomic E-state index is 0.0253. The van der Waals surface area contributed by atoms with Gasteiger partial charge in [0.05, 0.1) is 6.61 Å². The number of ether oxygens (including phenoxy) is 1. The van der Waals surface area contributed by atoms with E-state index in [9.17, 15) is 15.3 Å². The van der Waals surface area contributed by atoms with Crippen molar-refractivity contribution in [1.29, 1.82) is 0 Å². The number of rotatable bonds is 5. The van der Waals surface area contributed by atoms with Crippen molar-refractivity contribution < 1.29 is 30.4 Å². The van der Waals surface area contributed by atoms with Gasteiger partial charge in [0.15, 0.2) is 0 Å². The van der Waals surface area contributed by atoms with E-state index in [1.165, 1.54) is 0 Å². The van der Waals surface area contributed by atoms with Gasteiger partial charge in [0.25, 0.3) is 0 Å². The lowest BCUT2D eigenvalue weighted by atomic mass is 10.0. The van der Waals surface area contributed by atoms with Gasteiger partial charge in [0, 0.05) is 5.92 Å². The Morgan fingerprint density at radius 1 is 1.15 bits per heavy atom. The van der Waals surface area contributed by atoms with Crippen LogP contribution in [0.25, 0.3) is 0 Å². The molecule has 1 aliphatic heterocycles.